The van der Waals surface area contributed by atoms with Crippen LogP contribution in [-0.4, -0.2) is 85.2 Å². The minimum atomic E-state index is 0.0553. The lowest BCUT2D eigenvalue weighted by molar-refractivity contribution is 0.0664. The minimum absolute atomic E-state index is 0.0553. The molecule has 3 heterocycles. The summed E-state index contributed by atoms with van der Waals surface area (Å²) in [4.78, 5) is 28.5. The molecule has 0 unspecified atom stereocenters. The second-order valence-electron chi connectivity index (χ2n) is 6.75. The molecule has 8 heteroatoms. The molecule has 1 aromatic heterocycles. The first kappa shape index (κ1) is 17.6. The molecule has 0 aliphatic carbocycles. The summed E-state index contributed by atoms with van der Waals surface area (Å²) >= 11 is 3.58. The van der Waals surface area contributed by atoms with Crippen LogP contribution in [0.4, 0.5) is 5.82 Å². The molecule has 0 spiro atoms. The number of morpholine rings is 1. The molecular formula is C18H22BrN5O2. The van der Waals surface area contributed by atoms with Crippen molar-refractivity contribution in [2.75, 3.05) is 64.4 Å². The van der Waals surface area contributed by atoms with Crippen LogP contribution in [0.2, 0.25) is 0 Å². The van der Waals surface area contributed by atoms with Crippen LogP contribution in [0.25, 0.3) is 11.0 Å². The SMILES string of the molecule is CN1CCN(C(=O)c2cc(Br)c3nc(N4CCOCC4)cnc3c2)CC1. The molecule has 2 saturated heterocycles. The van der Waals surface area contributed by atoms with E-state index in [-0.39, 0.29) is 5.91 Å². The van der Waals surface area contributed by atoms with E-state index in [9.17, 15) is 4.79 Å². The third kappa shape index (κ3) is 3.54. The fourth-order valence-corrected chi connectivity index (χ4v) is 3.86. The second kappa shape index (κ2) is 7.46. The Kier molecular flexibility index (Phi) is 5.06. The van der Waals surface area contributed by atoms with E-state index in [0.717, 1.165) is 60.6 Å². The molecule has 2 aliphatic heterocycles. The van der Waals surface area contributed by atoms with E-state index in [1.807, 2.05) is 17.0 Å². The number of rotatable bonds is 2. The summed E-state index contributed by atoms with van der Waals surface area (Å²) < 4.78 is 6.20. The molecule has 4 rings (SSSR count). The quantitative estimate of drug-likeness (QED) is 0.736. The lowest BCUT2D eigenvalue weighted by Gasteiger charge is -2.32. The van der Waals surface area contributed by atoms with Crippen molar-refractivity contribution in [2.24, 2.45) is 0 Å². The van der Waals surface area contributed by atoms with Gasteiger partial charge in [-0.1, -0.05) is 0 Å². The number of nitrogens with zero attached hydrogens (tertiary/aromatic N) is 5. The average molecular weight is 420 g/mol. The lowest BCUT2D eigenvalue weighted by atomic mass is 10.1. The topological polar surface area (TPSA) is 61.8 Å². The molecule has 0 saturated carbocycles. The lowest BCUT2D eigenvalue weighted by Crippen LogP contribution is -2.47. The van der Waals surface area contributed by atoms with Gasteiger partial charge >= 0.3 is 0 Å². The molecule has 26 heavy (non-hydrogen) atoms. The first-order valence-electron chi connectivity index (χ1n) is 8.88. The Balaban J connectivity index is 1.61. The fraction of sp³-hybridized carbons (Fsp3) is 0.500. The predicted molar refractivity (Wildman–Crippen MR) is 104 cm³/mol. The van der Waals surface area contributed by atoms with Crippen molar-refractivity contribution in [3.8, 4) is 0 Å². The highest BCUT2D eigenvalue weighted by Gasteiger charge is 2.22. The van der Waals surface area contributed by atoms with E-state index in [2.05, 4.69) is 37.8 Å². The number of carbonyl (C=O) groups excluding carboxylic acids is 1. The molecule has 2 fully saturated rings. The van der Waals surface area contributed by atoms with Crippen LogP contribution >= 0.6 is 15.9 Å². The third-order valence-corrected chi connectivity index (χ3v) is 5.57. The molecule has 138 valence electrons. The second-order valence-corrected chi connectivity index (χ2v) is 7.60. The van der Waals surface area contributed by atoms with Gasteiger partial charge < -0.3 is 19.4 Å². The summed E-state index contributed by atoms with van der Waals surface area (Å²) in [6, 6.07) is 3.71. The van der Waals surface area contributed by atoms with Gasteiger partial charge in [0.2, 0.25) is 0 Å². The van der Waals surface area contributed by atoms with Crippen LogP contribution in [0.5, 0.6) is 0 Å². The maximum atomic E-state index is 12.8. The Morgan fingerprint density at radius 2 is 1.85 bits per heavy atom. The number of aromatic nitrogens is 2. The number of hydrogen-bond acceptors (Lipinski definition) is 6. The van der Waals surface area contributed by atoms with Crippen molar-refractivity contribution in [1.82, 2.24) is 19.8 Å². The summed E-state index contributed by atoms with van der Waals surface area (Å²) in [7, 11) is 2.08. The normalized spacial score (nSPS) is 19.2. The Labute approximate surface area is 161 Å². The summed E-state index contributed by atoms with van der Waals surface area (Å²) in [6.45, 7) is 6.37. The number of benzene rings is 1. The van der Waals surface area contributed by atoms with Gasteiger partial charge in [-0.05, 0) is 35.1 Å². The van der Waals surface area contributed by atoms with E-state index in [1.165, 1.54) is 0 Å². The number of anilines is 1. The van der Waals surface area contributed by atoms with Crippen molar-refractivity contribution < 1.29 is 9.53 Å². The number of ether oxygens (including phenoxy) is 1. The largest absolute Gasteiger partial charge is 0.378 e. The fourth-order valence-electron chi connectivity index (χ4n) is 3.32. The first-order valence-corrected chi connectivity index (χ1v) is 9.68. The summed E-state index contributed by atoms with van der Waals surface area (Å²) in [5.41, 5.74) is 2.17. The van der Waals surface area contributed by atoms with E-state index in [0.29, 0.717) is 18.8 Å². The standard InChI is InChI=1S/C18H22BrN5O2/c1-22-2-4-24(5-3-22)18(25)13-10-14(19)17-15(11-13)20-12-16(21-17)23-6-8-26-9-7-23/h10-12H,2-9H2,1H3. The molecule has 0 bridgehead atoms. The molecule has 1 aromatic carbocycles. The molecule has 2 aliphatic rings. The number of carbonyl (C=O) groups is 1. The van der Waals surface area contributed by atoms with Gasteiger partial charge in [0.25, 0.3) is 5.91 Å². The van der Waals surface area contributed by atoms with Crippen LogP contribution in [-0.2, 0) is 4.74 Å². The average Bonchev–Trinajstić information content (AvgIpc) is 2.68. The number of fused-ring (bicyclic) bond motifs is 1. The van der Waals surface area contributed by atoms with Crippen LogP contribution in [0.1, 0.15) is 10.4 Å². The van der Waals surface area contributed by atoms with Crippen LogP contribution in [0.15, 0.2) is 22.8 Å². The maximum Gasteiger partial charge on any atom is 0.254 e. The van der Waals surface area contributed by atoms with Gasteiger partial charge in [-0.25, -0.2) is 4.98 Å². The molecule has 0 N–H and O–H groups in total. The minimum Gasteiger partial charge on any atom is -0.378 e. The smallest absolute Gasteiger partial charge is 0.254 e. The van der Waals surface area contributed by atoms with Gasteiger partial charge in [-0.2, -0.15) is 0 Å². The predicted octanol–water partition coefficient (Wildman–Crippen LogP) is 1.62. The maximum absolute atomic E-state index is 12.8. The van der Waals surface area contributed by atoms with Gasteiger partial charge in [-0.15, -0.1) is 0 Å². The van der Waals surface area contributed by atoms with Gasteiger partial charge in [0.1, 0.15) is 11.3 Å². The molecule has 7 nitrogen and oxygen atoms in total. The van der Waals surface area contributed by atoms with Gasteiger partial charge in [-0.3, -0.25) is 9.78 Å². The molecule has 1 amide bonds. The Bertz CT molecular complexity index is 817. The molecular weight excluding hydrogens is 398 g/mol. The highest BCUT2D eigenvalue weighted by molar-refractivity contribution is 9.10. The zero-order valence-electron chi connectivity index (χ0n) is 14.8. The third-order valence-electron chi connectivity index (χ3n) is 4.96. The summed E-state index contributed by atoms with van der Waals surface area (Å²) in [5, 5.41) is 0. The van der Waals surface area contributed by atoms with Crippen molar-refractivity contribution >= 4 is 38.7 Å². The number of amides is 1. The number of piperazine rings is 1. The number of halogens is 1. The van der Waals surface area contributed by atoms with E-state index < -0.39 is 0 Å². The Morgan fingerprint density at radius 1 is 1.12 bits per heavy atom. The summed E-state index contributed by atoms with van der Waals surface area (Å²) in [6.07, 6.45) is 1.78. The number of hydrogen-bond donors (Lipinski definition) is 0. The van der Waals surface area contributed by atoms with Crippen molar-refractivity contribution in [2.45, 2.75) is 0 Å². The molecule has 2 aromatic rings. The Morgan fingerprint density at radius 3 is 2.58 bits per heavy atom. The molecule has 0 atom stereocenters. The van der Waals surface area contributed by atoms with E-state index in [4.69, 9.17) is 9.72 Å². The number of likely N-dealkylation sites (N-methyl/N-ethyl adjacent to an activating group) is 1. The zero-order chi connectivity index (χ0) is 18.1. The van der Waals surface area contributed by atoms with E-state index in [1.54, 1.807) is 6.20 Å². The Hall–Kier alpha value is -1.77. The van der Waals surface area contributed by atoms with Crippen molar-refractivity contribution in [3.63, 3.8) is 0 Å². The van der Waals surface area contributed by atoms with Crippen LogP contribution in [0.3, 0.4) is 0 Å². The van der Waals surface area contributed by atoms with Gasteiger partial charge in [0.15, 0.2) is 0 Å². The van der Waals surface area contributed by atoms with Crippen molar-refractivity contribution in [1.29, 1.82) is 0 Å². The highest BCUT2D eigenvalue weighted by Crippen LogP contribution is 2.26. The van der Waals surface area contributed by atoms with Gasteiger partial charge in [0.05, 0.1) is 24.9 Å². The van der Waals surface area contributed by atoms with Crippen LogP contribution in [0, 0.1) is 0 Å². The van der Waals surface area contributed by atoms with Gasteiger partial charge in [0, 0.05) is 49.3 Å². The summed E-state index contributed by atoms with van der Waals surface area (Å²) in [5.74, 6) is 0.902. The molecule has 0 radical (unpaired) electrons. The zero-order valence-corrected chi connectivity index (χ0v) is 16.4. The highest BCUT2D eigenvalue weighted by atomic mass is 79.9. The van der Waals surface area contributed by atoms with Crippen molar-refractivity contribution in [3.05, 3.63) is 28.4 Å². The van der Waals surface area contributed by atoms with Crippen LogP contribution < -0.4 is 4.90 Å². The first-order chi connectivity index (χ1) is 12.6. The van der Waals surface area contributed by atoms with E-state index >= 15 is 0 Å². The monoisotopic (exact) mass is 419 g/mol.